The first-order valence-corrected chi connectivity index (χ1v) is 10.0. The van der Waals surface area contributed by atoms with Gasteiger partial charge >= 0.3 is 5.97 Å². The van der Waals surface area contributed by atoms with Gasteiger partial charge in [0.25, 0.3) is 0 Å². The monoisotopic (exact) mass is 470 g/mol. The molecule has 3 amide bonds. The van der Waals surface area contributed by atoms with Gasteiger partial charge in [0.15, 0.2) is 0 Å². The molecule has 1 aromatic rings. The van der Waals surface area contributed by atoms with Crippen LogP contribution in [0.2, 0.25) is 0 Å². The maximum absolute atomic E-state index is 12.6. The van der Waals surface area contributed by atoms with Crippen molar-refractivity contribution in [2.24, 2.45) is 5.73 Å². The summed E-state index contributed by atoms with van der Waals surface area (Å²) < 4.78 is 0. The molecule has 6 atom stereocenters. The van der Waals surface area contributed by atoms with E-state index < -0.39 is 66.7 Å². The van der Waals surface area contributed by atoms with Gasteiger partial charge in [-0.25, -0.2) is 4.79 Å². The summed E-state index contributed by atoms with van der Waals surface area (Å²) in [5, 5.41) is 53.5. The van der Waals surface area contributed by atoms with Crippen LogP contribution in [-0.2, 0) is 25.6 Å². The fourth-order valence-corrected chi connectivity index (χ4v) is 2.74. The quantitative estimate of drug-likeness (QED) is 0.147. The predicted molar refractivity (Wildman–Crippen MR) is 114 cm³/mol. The lowest BCUT2D eigenvalue weighted by atomic mass is 10.0. The molecule has 0 fully saturated rings. The second-order valence-electron chi connectivity index (χ2n) is 7.51. The Labute approximate surface area is 189 Å². The Morgan fingerprint density at radius 1 is 0.879 bits per heavy atom. The standard InChI is InChI=1S/C20H30N4O9/c1-9(26)15(18(30)22-14(8-25)20(32)33)24-19(31)16(10(2)27)23-17(29)13(21)7-11-3-5-12(28)6-4-11/h3-6,9-10,13-16,25-28H,7-8,21H2,1-2H3,(H,22,30)(H,23,29)(H,24,31)(H,32,33). The van der Waals surface area contributed by atoms with Crippen molar-refractivity contribution < 1.29 is 44.7 Å². The molecule has 0 spiro atoms. The van der Waals surface area contributed by atoms with E-state index in [9.17, 15) is 34.5 Å². The smallest absolute Gasteiger partial charge is 0.328 e. The lowest BCUT2D eigenvalue weighted by Crippen LogP contribution is -2.62. The van der Waals surface area contributed by atoms with Crippen molar-refractivity contribution in [2.75, 3.05) is 6.61 Å². The zero-order valence-corrected chi connectivity index (χ0v) is 18.1. The maximum Gasteiger partial charge on any atom is 0.328 e. The van der Waals surface area contributed by atoms with Crippen LogP contribution < -0.4 is 21.7 Å². The van der Waals surface area contributed by atoms with Gasteiger partial charge in [-0.15, -0.1) is 0 Å². The minimum atomic E-state index is -1.67. The molecule has 1 rings (SSSR count). The number of carbonyl (C=O) groups is 4. The molecule has 0 aliphatic rings. The molecule has 33 heavy (non-hydrogen) atoms. The summed E-state index contributed by atoms with van der Waals surface area (Å²) in [5.41, 5.74) is 6.50. The third kappa shape index (κ3) is 8.65. The van der Waals surface area contributed by atoms with Crippen molar-refractivity contribution in [3.8, 4) is 5.75 Å². The van der Waals surface area contributed by atoms with Crippen molar-refractivity contribution >= 4 is 23.7 Å². The number of amides is 3. The van der Waals surface area contributed by atoms with Gasteiger partial charge in [-0.3, -0.25) is 14.4 Å². The fourth-order valence-electron chi connectivity index (χ4n) is 2.74. The lowest BCUT2D eigenvalue weighted by molar-refractivity contribution is -0.144. The number of aliphatic carboxylic acids is 1. The molecule has 0 radical (unpaired) electrons. The SMILES string of the molecule is CC(O)C(NC(=O)C(N)Cc1ccc(O)cc1)C(=O)NC(C(=O)NC(CO)C(=O)O)C(C)O. The number of carboxylic acids is 1. The second kappa shape index (κ2) is 12.7. The minimum Gasteiger partial charge on any atom is -0.508 e. The van der Waals surface area contributed by atoms with Gasteiger partial charge in [-0.1, -0.05) is 12.1 Å². The summed E-state index contributed by atoms with van der Waals surface area (Å²) in [6, 6.07) is -0.0207. The molecule has 0 aliphatic heterocycles. The van der Waals surface area contributed by atoms with Gasteiger partial charge in [-0.2, -0.15) is 0 Å². The highest BCUT2D eigenvalue weighted by Crippen LogP contribution is 2.11. The van der Waals surface area contributed by atoms with Gasteiger partial charge < -0.3 is 47.2 Å². The van der Waals surface area contributed by atoms with Crippen LogP contribution in [0, 0.1) is 0 Å². The number of carboxylic acid groups (broad SMARTS) is 1. The minimum absolute atomic E-state index is 0.0352. The number of nitrogens with two attached hydrogens (primary N) is 1. The van der Waals surface area contributed by atoms with Gasteiger partial charge in [0.05, 0.1) is 24.9 Å². The average molecular weight is 470 g/mol. The normalized spacial score (nSPS) is 16.4. The van der Waals surface area contributed by atoms with E-state index in [0.717, 1.165) is 6.92 Å². The first-order chi connectivity index (χ1) is 15.4. The molecule has 6 unspecified atom stereocenters. The number of hydrogen-bond donors (Lipinski definition) is 9. The van der Waals surface area contributed by atoms with Gasteiger partial charge in [-0.05, 0) is 38.0 Å². The highest BCUT2D eigenvalue weighted by atomic mass is 16.4. The third-order valence-electron chi connectivity index (χ3n) is 4.65. The van der Waals surface area contributed by atoms with Crippen LogP contribution in [0.5, 0.6) is 5.75 Å². The summed E-state index contributed by atoms with van der Waals surface area (Å²) in [6.07, 6.45) is -2.84. The van der Waals surface area contributed by atoms with Crippen molar-refractivity contribution in [3.63, 3.8) is 0 Å². The van der Waals surface area contributed by atoms with Gasteiger partial charge in [0.1, 0.15) is 23.9 Å². The Morgan fingerprint density at radius 2 is 1.33 bits per heavy atom. The number of rotatable bonds is 12. The number of aromatic hydroxyl groups is 1. The molecule has 0 aromatic heterocycles. The number of hydrogen-bond acceptors (Lipinski definition) is 9. The van der Waals surface area contributed by atoms with Crippen LogP contribution >= 0.6 is 0 Å². The molecule has 0 bridgehead atoms. The molecule has 0 aliphatic carbocycles. The number of phenols is 1. The van der Waals surface area contributed by atoms with Crippen molar-refractivity contribution in [3.05, 3.63) is 29.8 Å². The van der Waals surface area contributed by atoms with Crippen LogP contribution in [0.15, 0.2) is 24.3 Å². The van der Waals surface area contributed by atoms with E-state index in [4.69, 9.17) is 15.9 Å². The Morgan fingerprint density at radius 3 is 1.76 bits per heavy atom. The van der Waals surface area contributed by atoms with Crippen molar-refractivity contribution in [1.82, 2.24) is 16.0 Å². The van der Waals surface area contributed by atoms with Gasteiger partial charge in [0, 0.05) is 0 Å². The van der Waals surface area contributed by atoms with Crippen LogP contribution in [0.3, 0.4) is 0 Å². The number of nitrogens with one attached hydrogen (secondary N) is 3. The molecule has 184 valence electrons. The molecule has 13 heteroatoms. The molecule has 1 aromatic carbocycles. The first kappa shape index (κ1) is 27.8. The third-order valence-corrected chi connectivity index (χ3v) is 4.65. The summed E-state index contributed by atoms with van der Waals surface area (Å²) in [4.78, 5) is 48.4. The van der Waals surface area contributed by atoms with Crippen molar-refractivity contribution in [1.29, 1.82) is 0 Å². The second-order valence-corrected chi connectivity index (χ2v) is 7.51. The molecule has 10 N–H and O–H groups in total. The van der Waals surface area contributed by atoms with Gasteiger partial charge in [0.2, 0.25) is 17.7 Å². The highest BCUT2D eigenvalue weighted by Gasteiger charge is 2.34. The van der Waals surface area contributed by atoms with E-state index in [1.54, 1.807) is 12.1 Å². The molecule has 0 saturated heterocycles. The topological polar surface area (TPSA) is 232 Å². The maximum atomic E-state index is 12.6. The van der Waals surface area contributed by atoms with E-state index >= 15 is 0 Å². The van der Waals surface area contributed by atoms with E-state index in [-0.39, 0.29) is 12.2 Å². The predicted octanol–water partition coefficient (Wildman–Crippen LogP) is -3.45. The Balaban J connectivity index is 2.86. The molecular weight excluding hydrogens is 440 g/mol. The zero-order valence-electron chi connectivity index (χ0n) is 18.1. The van der Waals surface area contributed by atoms with E-state index in [1.807, 2.05) is 5.32 Å². The highest BCUT2D eigenvalue weighted by molar-refractivity contribution is 5.94. The van der Waals surface area contributed by atoms with Crippen LogP contribution in [0.25, 0.3) is 0 Å². The molecule has 0 saturated carbocycles. The molecular formula is C20H30N4O9. The zero-order chi connectivity index (χ0) is 25.3. The fraction of sp³-hybridized carbons (Fsp3) is 0.500. The van der Waals surface area contributed by atoms with Crippen molar-refractivity contribution in [2.45, 2.75) is 56.6 Å². The Hall–Kier alpha value is -3.26. The van der Waals surface area contributed by atoms with E-state index in [2.05, 4.69) is 10.6 Å². The Kier molecular flexibility index (Phi) is 10.7. The molecule has 0 heterocycles. The summed E-state index contributed by atoms with van der Waals surface area (Å²) in [6.45, 7) is 1.44. The summed E-state index contributed by atoms with van der Waals surface area (Å²) >= 11 is 0. The first-order valence-electron chi connectivity index (χ1n) is 10.0. The van der Waals surface area contributed by atoms with Crippen LogP contribution in [0.4, 0.5) is 0 Å². The summed E-state index contributed by atoms with van der Waals surface area (Å²) in [7, 11) is 0. The number of phenolic OH excluding ortho intramolecular Hbond substituents is 1. The van der Waals surface area contributed by atoms with E-state index in [1.165, 1.54) is 19.1 Å². The van der Waals surface area contributed by atoms with Crippen LogP contribution in [0.1, 0.15) is 19.4 Å². The average Bonchev–Trinajstić information content (AvgIpc) is 2.74. The van der Waals surface area contributed by atoms with Crippen LogP contribution in [-0.4, -0.2) is 92.2 Å². The number of aliphatic hydroxyl groups is 3. The van der Waals surface area contributed by atoms with E-state index in [0.29, 0.717) is 5.56 Å². The molecule has 13 nitrogen and oxygen atoms in total. The number of benzene rings is 1. The number of aliphatic hydroxyl groups excluding tert-OH is 3. The lowest BCUT2D eigenvalue weighted by Gasteiger charge is -2.27. The summed E-state index contributed by atoms with van der Waals surface area (Å²) in [5.74, 6) is -4.41. The largest absolute Gasteiger partial charge is 0.508 e. The number of carbonyl (C=O) groups excluding carboxylic acids is 3. The Bertz CT molecular complexity index is 829.